The van der Waals surface area contributed by atoms with Crippen LogP contribution in [-0.2, 0) is 14.3 Å². The van der Waals surface area contributed by atoms with Gasteiger partial charge in [-0.3, -0.25) is 9.59 Å². The number of carboxylic acids is 1. The summed E-state index contributed by atoms with van der Waals surface area (Å²) in [5.41, 5.74) is 0. The molecule has 1 N–H and O–H groups in total. The lowest BCUT2D eigenvalue weighted by molar-refractivity contribution is -0.873. The summed E-state index contributed by atoms with van der Waals surface area (Å²) in [6.45, 7) is 2.73. The second-order valence-corrected chi connectivity index (χ2v) is 9.52. The molecule has 0 amide bonds. The van der Waals surface area contributed by atoms with E-state index < -0.39 is 12.1 Å². The smallest absolute Gasteiger partial charge is 0.307 e. The molecule has 5 heteroatoms. The van der Waals surface area contributed by atoms with Crippen molar-refractivity contribution in [1.29, 1.82) is 0 Å². The highest BCUT2D eigenvalue weighted by molar-refractivity contribution is 5.71. The third-order valence-corrected chi connectivity index (χ3v) is 4.97. The maximum atomic E-state index is 12.0. The van der Waals surface area contributed by atoms with Crippen LogP contribution in [0.15, 0.2) is 36.5 Å². The summed E-state index contributed by atoms with van der Waals surface area (Å²) in [6.07, 6.45) is 25.3. The zero-order valence-electron chi connectivity index (χ0n) is 21.1. The molecular weight excluding hydrogens is 402 g/mol. The Balaban J connectivity index is 3.74. The van der Waals surface area contributed by atoms with Crippen molar-refractivity contribution < 1.29 is 23.9 Å². The number of unbranched alkanes of at least 4 members (excludes halogenated alkanes) is 7. The first-order valence-electron chi connectivity index (χ1n) is 12.4. The number of esters is 1. The number of carbonyl (C=O) groups is 2. The average Bonchev–Trinajstić information content (AvgIpc) is 2.68. The quantitative estimate of drug-likeness (QED) is 0.100. The first-order chi connectivity index (χ1) is 15.2. The average molecular weight is 451 g/mol. The molecule has 0 spiro atoms. The van der Waals surface area contributed by atoms with Gasteiger partial charge in [-0.05, 0) is 44.9 Å². The third-order valence-electron chi connectivity index (χ3n) is 4.97. The zero-order chi connectivity index (χ0) is 24.1. The number of nitrogens with zero attached hydrogens (tertiary/aromatic N) is 1. The molecule has 0 aromatic rings. The molecule has 0 rings (SSSR count). The summed E-state index contributed by atoms with van der Waals surface area (Å²) < 4.78 is 5.97. The third kappa shape index (κ3) is 22.8. The van der Waals surface area contributed by atoms with Gasteiger partial charge < -0.3 is 14.3 Å². The van der Waals surface area contributed by atoms with Gasteiger partial charge in [-0.2, -0.15) is 0 Å². The zero-order valence-corrected chi connectivity index (χ0v) is 21.1. The van der Waals surface area contributed by atoms with Crippen LogP contribution in [0.4, 0.5) is 0 Å². The van der Waals surface area contributed by atoms with E-state index >= 15 is 0 Å². The normalized spacial score (nSPS) is 13.4. The van der Waals surface area contributed by atoms with Gasteiger partial charge in [0.1, 0.15) is 6.54 Å². The molecule has 0 saturated heterocycles. The number of carboxylic acid groups (broad SMARTS) is 1. The van der Waals surface area contributed by atoms with Crippen molar-refractivity contribution in [2.75, 3.05) is 27.7 Å². The Kier molecular flexibility index (Phi) is 18.6. The van der Waals surface area contributed by atoms with Crippen LogP contribution in [0.25, 0.3) is 0 Å². The maximum Gasteiger partial charge on any atom is 0.307 e. The Morgan fingerprint density at radius 1 is 0.812 bits per heavy atom. The molecule has 1 atom stereocenters. The Morgan fingerprint density at radius 2 is 1.34 bits per heavy atom. The van der Waals surface area contributed by atoms with Crippen molar-refractivity contribution in [1.82, 2.24) is 0 Å². The van der Waals surface area contributed by atoms with Gasteiger partial charge in [0.2, 0.25) is 0 Å². The fourth-order valence-corrected chi connectivity index (χ4v) is 3.37. The molecule has 0 fully saturated rings. The molecule has 0 aliphatic heterocycles. The van der Waals surface area contributed by atoms with Gasteiger partial charge in [0, 0.05) is 6.42 Å². The van der Waals surface area contributed by atoms with Crippen LogP contribution in [0.3, 0.4) is 0 Å². The predicted octanol–water partition coefficient (Wildman–Crippen LogP) is 6.45. The molecule has 0 aliphatic rings. The number of hydrogen-bond donors (Lipinski definition) is 1. The van der Waals surface area contributed by atoms with E-state index in [0.717, 1.165) is 44.9 Å². The molecule has 0 aliphatic carbocycles. The topological polar surface area (TPSA) is 63.6 Å². The molecule has 5 nitrogen and oxygen atoms in total. The minimum atomic E-state index is -0.936. The van der Waals surface area contributed by atoms with Crippen LogP contribution in [0.1, 0.15) is 90.4 Å². The summed E-state index contributed by atoms with van der Waals surface area (Å²) in [6, 6.07) is 0. The van der Waals surface area contributed by atoms with Gasteiger partial charge in [-0.1, -0.05) is 69.1 Å². The van der Waals surface area contributed by atoms with Crippen LogP contribution in [0.2, 0.25) is 0 Å². The van der Waals surface area contributed by atoms with Crippen molar-refractivity contribution in [3.8, 4) is 0 Å². The Bertz CT molecular complexity index is 573. The number of likely N-dealkylation sites (N-methyl/N-ethyl adjacent to an activating group) is 1. The first kappa shape index (κ1) is 30.1. The lowest BCUT2D eigenvalue weighted by atomic mass is 10.1. The summed E-state index contributed by atoms with van der Waals surface area (Å²) in [4.78, 5) is 23.0. The monoisotopic (exact) mass is 450 g/mol. The van der Waals surface area contributed by atoms with Crippen molar-refractivity contribution >= 4 is 11.9 Å². The van der Waals surface area contributed by atoms with Crippen LogP contribution in [-0.4, -0.2) is 55.3 Å². The van der Waals surface area contributed by atoms with Crippen molar-refractivity contribution in [2.45, 2.75) is 96.5 Å². The van der Waals surface area contributed by atoms with E-state index in [9.17, 15) is 9.59 Å². The highest BCUT2D eigenvalue weighted by Crippen LogP contribution is 2.10. The SMILES string of the molecule is CCCCC/C=C/C/C=C/C/C=C/CCCCCCC(=O)OC(CC(=O)O)C[N+](C)(C)C. The number of carbonyl (C=O) groups excluding carboxylic acids is 1. The second-order valence-electron chi connectivity index (χ2n) is 9.52. The van der Waals surface area contributed by atoms with E-state index in [4.69, 9.17) is 9.84 Å². The molecule has 0 heterocycles. The Morgan fingerprint density at radius 3 is 1.88 bits per heavy atom. The highest BCUT2D eigenvalue weighted by atomic mass is 16.5. The molecule has 0 bridgehead atoms. The van der Waals surface area contributed by atoms with Gasteiger partial charge in [0.05, 0.1) is 27.6 Å². The minimum absolute atomic E-state index is 0.140. The molecule has 0 saturated carbocycles. The Hall–Kier alpha value is -1.88. The number of hydrogen-bond acceptors (Lipinski definition) is 3. The number of aliphatic carboxylic acids is 1. The molecular formula is C27H48NO4+. The number of ether oxygens (including phenoxy) is 1. The fraction of sp³-hybridized carbons (Fsp3) is 0.704. The highest BCUT2D eigenvalue weighted by Gasteiger charge is 2.24. The van der Waals surface area contributed by atoms with E-state index in [1.165, 1.54) is 25.7 Å². The van der Waals surface area contributed by atoms with Crippen molar-refractivity contribution in [3.05, 3.63) is 36.5 Å². The van der Waals surface area contributed by atoms with E-state index in [1.807, 2.05) is 21.1 Å². The maximum absolute atomic E-state index is 12.0. The fourth-order valence-electron chi connectivity index (χ4n) is 3.37. The van der Waals surface area contributed by atoms with Gasteiger partial charge in [0.25, 0.3) is 0 Å². The molecule has 0 radical (unpaired) electrons. The van der Waals surface area contributed by atoms with Gasteiger partial charge in [0.15, 0.2) is 6.10 Å². The number of quaternary nitrogens is 1. The Labute approximate surface area is 196 Å². The van der Waals surface area contributed by atoms with Crippen LogP contribution in [0.5, 0.6) is 0 Å². The molecule has 1 unspecified atom stereocenters. The molecule has 184 valence electrons. The lowest BCUT2D eigenvalue weighted by Crippen LogP contribution is -2.43. The number of rotatable bonds is 20. The van der Waals surface area contributed by atoms with E-state index in [1.54, 1.807) is 0 Å². The molecule has 0 aromatic carbocycles. The molecule has 32 heavy (non-hydrogen) atoms. The lowest BCUT2D eigenvalue weighted by Gasteiger charge is -2.28. The summed E-state index contributed by atoms with van der Waals surface area (Å²) in [7, 11) is 5.88. The molecule has 0 aromatic heterocycles. The minimum Gasteiger partial charge on any atom is -0.481 e. The van der Waals surface area contributed by atoms with Crippen LogP contribution < -0.4 is 0 Å². The van der Waals surface area contributed by atoms with Crippen molar-refractivity contribution in [3.63, 3.8) is 0 Å². The van der Waals surface area contributed by atoms with Gasteiger partial charge >= 0.3 is 11.9 Å². The first-order valence-corrected chi connectivity index (χ1v) is 12.4. The largest absolute Gasteiger partial charge is 0.481 e. The van der Waals surface area contributed by atoms with E-state index in [0.29, 0.717) is 17.4 Å². The standard InChI is InChI=1S/C27H47NO4/c1-5-6-7-8-9-10-11-12-13-14-15-16-17-18-19-20-21-22-27(31)32-25(23-26(29)30)24-28(2,3)4/h9-10,12-13,15-16,25H,5-8,11,14,17-24H2,1-4H3/p+1/b10-9+,13-12+,16-15+. The second kappa shape index (κ2) is 19.8. The van der Waals surface area contributed by atoms with Crippen molar-refractivity contribution in [2.24, 2.45) is 0 Å². The van der Waals surface area contributed by atoms with Gasteiger partial charge in [-0.25, -0.2) is 0 Å². The van der Waals surface area contributed by atoms with Crippen LogP contribution in [0, 0.1) is 0 Å². The van der Waals surface area contributed by atoms with E-state index in [2.05, 4.69) is 43.4 Å². The summed E-state index contributed by atoms with van der Waals surface area (Å²) in [5, 5.41) is 9.02. The summed E-state index contributed by atoms with van der Waals surface area (Å²) >= 11 is 0. The van der Waals surface area contributed by atoms with Gasteiger partial charge in [-0.15, -0.1) is 0 Å². The number of allylic oxidation sites excluding steroid dienone is 6. The predicted molar refractivity (Wildman–Crippen MR) is 134 cm³/mol. The summed E-state index contributed by atoms with van der Waals surface area (Å²) in [5.74, 6) is -1.22. The van der Waals surface area contributed by atoms with Crippen LogP contribution >= 0.6 is 0 Å². The van der Waals surface area contributed by atoms with E-state index in [-0.39, 0.29) is 12.4 Å².